The minimum atomic E-state index is -4.17. The first-order valence-corrected chi connectivity index (χ1v) is 10.4. The number of thiazole rings is 1. The summed E-state index contributed by atoms with van der Waals surface area (Å²) in [6, 6.07) is -1.42. The lowest BCUT2D eigenvalue weighted by Crippen LogP contribution is -2.58. The van der Waals surface area contributed by atoms with E-state index in [0.29, 0.717) is 31.6 Å². The molecule has 10 heteroatoms. The normalized spacial score (nSPS) is 27.2. The van der Waals surface area contributed by atoms with Gasteiger partial charge in [0.05, 0.1) is 22.7 Å². The van der Waals surface area contributed by atoms with Gasteiger partial charge in [-0.05, 0) is 45.4 Å². The van der Waals surface area contributed by atoms with Gasteiger partial charge >= 0.3 is 12.2 Å². The highest BCUT2D eigenvalue weighted by atomic mass is 32.1. The number of hydrogen-bond acceptors (Lipinski definition) is 4. The first kappa shape index (κ1) is 20.9. The van der Waals surface area contributed by atoms with Gasteiger partial charge in [-0.2, -0.15) is 13.2 Å². The summed E-state index contributed by atoms with van der Waals surface area (Å²) in [7, 11) is 0. The van der Waals surface area contributed by atoms with E-state index in [4.69, 9.17) is 0 Å². The van der Waals surface area contributed by atoms with Gasteiger partial charge in [0.15, 0.2) is 0 Å². The molecule has 0 bridgehead atoms. The van der Waals surface area contributed by atoms with Crippen molar-refractivity contribution in [3.05, 3.63) is 16.1 Å². The van der Waals surface area contributed by atoms with Crippen LogP contribution in [0.2, 0.25) is 0 Å². The number of urea groups is 1. The van der Waals surface area contributed by atoms with Crippen molar-refractivity contribution in [2.24, 2.45) is 11.8 Å². The van der Waals surface area contributed by atoms with Gasteiger partial charge in [-0.3, -0.25) is 4.79 Å². The quantitative estimate of drug-likeness (QED) is 0.790. The number of carbonyl (C=O) groups excluding carboxylic acids is 2. The highest BCUT2D eigenvalue weighted by Gasteiger charge is 2.43. The number of hydrogen-bond donors (Lipinski definition) is 2. The third kappa shape index (κ3) is 4.59. The summed E-state index contributed by atoms with van der Waals surface area (Å²) >= 11 is 1.45. The van der Waals surface area contributed by atoms with Crippen LogP contribution in [0.3, 0.4) is 0 Å². The molecule has 156 valence electrons. The molecule has 3 rings (SSSR count). The van der Waals surface area contributed by atoms with Crippen molar-refractivity contribution in [2.75, 3.05) is 13.1 Å². The van der Waals surface area contributed by atoms with Gasteiger partial charge in [-0.15, -0.1) is 11.3 Å². The number of aryl methyl sites for hydroxylation is 1. The Morgan fingerprint density at radius 1 is 1.36 bits per heavy atom. The predicted octanol–water partition coefficient (Wildman–Crippen LogP) is 3.39. The molecule has 6 nitrogen and oxygen atoms in total. The number of piperazine rings is 1. The van der Waals surface area contributed by atoms with E-state index in [2.05, 4.69) is 15.6 Å². The highest BCUT2D eigenvalue weighted by Crippen LogP contribution is 2.43. The van der Waals surface area contributed by atoms with Crippen LogP contribution in [0.1, 0.15) is 49.4 Å². The van der Waals surface area contributed by atoms with Crippen molar-refractivity contribution in [2.45, 2.75) is 57.8 Å². The summed E-state index contributed by atoms with van der Waals surface area (Å²) in [4.78, 5) is 30.6. The second kappa shape index (κ2) is 8.26. The Hall–Kier alpha value is -1.84. The van der Waals surface area contributed by atoms with Gasteiger partial charge in [-0.1, -0.05) is 0 Å². The molecule has 0 aromatic carbocycles. The van der Waals surface area contributed by atoms with Gasteiger partial charge in [0.25, 0.3) is 0 Å². The number of amides is 3. The maximum atomic E-state index is 13.0. The van der Waals surface area contributed by atoms with E-state index in [9.17, 15) is 22.8 Å². The Bertz CT molecular complexity index is 716. The molecule has 2 aliphatic rings. The first-order chi connectivity index (χ1) is 13.2. The zero-order chi connectivity index (χ0) is 20.5. The third-order valence-electron chi connectivity index (χ3n) is 5.70. The lowest BCUT2D eigenvalue weighted by molar-refractivity contribution is -0.184. The summed E-state index contributed by atoms with van der Waals surface area (Å²) in [5.41, 5.74) is 0.681. The second-order valence-corrected chi connectivity index (χ2v) is 8.59. The van der Waals surface area contributed by atoms with Gasteiger partial charge in [0.2, 0.25) is 5.91 Å². The average molecular weight is 418 g/mol. The minimum Gasteiger partial charge on any atom is -0.353 e. The molecule has 2 fully saturated rings. The Labute approximate surface area is 165 Å². The lowest BCUT2D eigenvalue weighted by Gasteiger charge is -2.37. The van der Waals surface area contributed by atoms with Crippen LogP contribution in [-0.4, -0.2) is 47.1 Å². The average Bonchev–Trinajstić information content (AvgIpc) is 3.07. The summed E-state index contributed by atoms with van der Waals surface area (Å²) in [6.07, 6.45) is -3.29. The van der Waals surface area contributed by atoms with Crippen LogP contribution in [0.5, 0.6) is 0 Å². The topological polar surface area (TPSA) is 74.3 Å². The highest BCUT2D eigenvalue weighted by molar-refractivity contribution is 7.09. The van der Waals surface area contributed by atoms with Crippen LogP contribution < -0.4 is 10.6 Å². The van der Waals surface area contributed by atoms with Crippen molar-refractivity contribution < 1.29 is 22.8 Å². The molecule has 3 amide bonds. The zero-order valence-electron chi connectivity index (χ0n) is 15.9. The second-order valence-electron chi connectivity index (χ2n) is 7.53. The largest absolute Gasteiger partial charge is 0.391 e. The van der Waals surface area contributed by atoms with Gasteiger partial charge in [-0.25, -0.2) is 9.78 Å². The third-order valence-corrected chi connectivity index (χ3v) is 6.49. The Morgan fingerprint density at radius 2 is 2.04 bits per heavy atom. The Kier molecular flexibility index (Phi) is 6.16. The fourth-order valence-electron chi connectivity index (χ4n) is 4.01. The van der Waals surface area contributed by atoms with Crippen molar-refractivity contribution in [3.8, 4) is 0 Å². The summed E-state index contributed by atoms with van der Waals surface area (Å²) in [5, 5.41) is 8.36. The molecule has 1 unspecified atom stereocenters. The van der Waals surface area contributed by atoms with Crippen LogP contribution in [0, 0.1) is 18.8 Å². The molecule has 1 aromatic heterocycles. The van der Waals surface area contributed by atoms with Gasteiger partial charge in [0.1, 0.15) is 6.04 Å². The summed E-state index contributed by atoms with van der Waals surface area (Å²) in [5.74, 6) is -1.60. The van der Waals surface area contributed by atoms with E-state index in [1.165, 1.54) is 16.2 Å². The lowest BCUT2D eigenvalue weighted by atomic mass is 9.77. The molecule has 2 heterocycles. The molecule has 1 aliphatic heterocycles. The SMILES string of the molecule is Cc1nc(C(NC(=O)N2CCNC(=O)[C@H]2C)C2CCC(C(F)(F)F)CC2)cs1. The first-order valence-electron chi connectivity index (χ1n) is 9.50. The van der Waals surface area contributed by atoms with Crippen molar-refractivity contribution >= 4 is 23.3 Å². The Morgan fingerprint density at radius 3 is 2.61 bits per heavy atom. The minimum absolute atomic E-state index is 0.0617. The fraction of sp³-hybridized carbons (Fsp3) is 0.722. The number of halogens is 3. The molecule has 28 heavy (non-hydrogen) atoms. The number of carbonyl (C=O) groups is 2. The number of aromatic nitrogens is 1. The van der Waals surface area contributed by atoms with Gasteiger partial charge < -0.3 is 15.5 Å². The fourth-order valence-corrected chi connectivity index (χ4v) is 4.66. The van der Waals surface area contributed by atoms with Crippen molar-refractivity contribution in [3.63, 3.8) is 0 Å². The Balaban J connectivity index is 1.73. The van der Waals surface area contributed by atoms with Crippen LogP contribution in [0.25, 0.3) is 0 Å². The van der Waals surface area contributed by atoms with E-state index in [-0.39, 0.29) is 30.7 Å². The molecule has 1 aliphatic carbocycles. The number of rotatable bonds is 3. The molecule has 1 aromatic rings. The molecule has 1 saturated heterocycles. The van der Waals surface area contributed by atoms with Crippen LogP contribution >= 0.6 is 11.3 Å². The van der Waals surface area contributed by atoms with Crippen molar-refractivity contribution in [1.82, 2.24) is 20.5 Å². The molecule has 0 spiro atoms. The standard InChI is InChI=1S/C18H25F3N4O2S/c1-10-16(26)22-7-8-25(10)17(27)24-15(14-9-28-11(2)23-14)12-3-5-13(6-4-12)18(19,20)21/h9-10,12-13,15H,3-8H2,1-2H3,(H,22,26)(H,24,27)/t10-,12?,13?,15?/m1/s1. The number of nitrogens with one attached hydrogen (secondary N) is 2. The maximum Gasteiger partial charge on any atom is 0.391 e. The van der Waals surface area contributed by atoms with Crippen LogP contribution in [-0.2, 0) is 4.79 Å². The van der Waals surface area contributed by atoms with E-state index in [1.807, 2.05) is 12.3 Å². The van der Waals surface area contributed by atoms with Gasteiger partial charge in [0, 0.05) is 18.5 Å². The monoisotopic (exact) mass is 418 g/mol. The number of alkyl halides is 3. The molecular formula is C18H25F3N4O2S. The van der Waals surface area contributed by atoms with Crippen LogP contribution in [0.4, 0.5) is 18.0 Å². The molecule has 2 atom stereocenters. The van der Waals surface area contributed by atoms with E-state index < -0.39 is 24.2 Å². The molecular weight excluding hydrogens is 393 g/mol. The zero-order valence-corrected chi connectivity index (χ0v) is 16.7. The van der Waals surface area contributed by atoms with E-state index in [1.54, 1.807) is 6.92 Å². The predicted molar refractivity (Wildman–Crippen MR) is 98.8 cm³/mol. The van der Waals surface area contributed by atoms with E-state index in [0.717, 1.165) is 5.01 Å². The number of nitrogens with zero attached hydrogens (tertiary/aromatic N) is 2. The maximum absolute atomic E-state index is 13.0. The molecule has 0 radical (unpaired) electrons. The molecule has 2 N–H and O–H groups in total. The molecule has 1 saturated carbocycles. The van der Waals surface area contributed by atoms with Crippen molar-refractivity contribution in [1.29, 1.82) is 0 Å². The van der Waals surface area contributed by atoms with Crippen LogP contribution in [0.15, 0.2) is 5.38 Å². The summed E-state index contributed by atoms with van der Waals surface area (Å²) < 4.78 is 39.0. The smallest absolute Gasteiger partial charge is 0.353 e. The summed E-state index contributed by atoms with van der Waals surface area (Å²) in [6.45, 7) is 4.28. The van der Waals surface area contributed by atoms with E-state index >= 15 is 0 Å².